The molecule has 3 heterocycles. The number of nitrogens with zero attached hydrogens (tertiary/aromatic N) is 4. The molecule has 1 aliphatic heterocycles. The summed E-state index contributed by atoms with van der Waals surface area (Å²) < 4.78 is 35.6. The Morgan fingerprint density at radius 1 is 1.12 bits per heavy atom. The van der Waals surface area contributed by atoms with Crippen LogP contribution in [0.4, 0.5) is 8.78 Å². The van der Waals surface area contributed by atoms with Gasteiger partial charge in [-0.1, -0.05) is 23.7 Å². The van der Waals surface area contributed by atoms with E-state index >= 15 is 0 Å². The second kappa shape index (κ2) is 9.45. The first-order chi connectivity index (χ1) is 16.1. The molecule has 9 nitrogen and oxygen atoms in total. The van der Waals surface area contributed by atoms with Crippen LogP contribution in [0.25, 0.3) is 0 Å². The van der Waals surface area contributed by atoms with Gasteiger partial charge in [0.05, 0.1) is 36.2 Å². The van der Waals surface area contributed by atoms with E-state index in [1.54, 1.807) is 24.1 Å². The molecule has 0 aromatic carbocycles. The minimum absolute atomic E-state index is 0.154. The topological polar surface area (TPSA) is 126 Å². The number of hydrogen-bond donors (Lipinski definition) is 4. The second-order valence-electron chi connectivity index (χ2n) is 8.72. The van der Waals surface area contributed by atoms with Crippen LogP contribution in [0.3, 0.4) is 0 Å². The van der Waals surface area contributed by atoms with E-state index in [1.807, 2.05) is 0 Å². The summed E-state index contributed by atoms with van der Waals surface area (Å²) in [5, 5.41) is 49.8. The zero-order chi connectivity index (χ0) is 24.5. The van der Waals surface area contributed by atoms with Crippen molar-refractivity contribution in [3.63, 3.8) is 0 Å². The molecular formula is C23H26F2N4O5. The Bertz CT molecular complexity index is 1130. The van der Waals surface area contributed by atoms with Crippen LogP contribution < -0.4 is 0 Å². The van der Waals surface area contributed by atoms with Crippen LogP contribution >= 0.6 is 0 Å². The van der Waals surface area contributed by atoms with Crippen LogP contribution in [0.5, 0.6) is 0 Å². The van der Waals surface area contributed by atoms with Gasteiger partial charge in [-0.05, 0) is 12.8 Å². The highest BCUT2D eigenvalue weighted by Gasteiger charge is 2.53. The first-order valence-corrected chi connectivity index (χ1v) is 10.9. The zero-order valence-electron chi connectivity index (χ0n) is 18.5. The molecule has 1 saturated heterocycles. The average molecular weight is 476 g/mol. The van der Waals surface area contributed by atoms with Crippen molar-refractivity contribution in [2.45, 2.75) is 67.7 Å². The lowest BCUT2D eigenvalue weighted by molar-refractivity contribution is -0.239. The number of alkyl halides is 2. The minimum atomic E-state index is -2.64. The van der Waals surface area contributed by atoms with E-state index in [0.29, 0.717) is 24.0 Å². The smallest absolute Gasteiger partial charge is 0.248 e. The third kappa shape index (κ3) is 4.99. The van der Waals surface area contributed by atoms with Crippen molar-refractivity contribution in [1.82, 2.24) is 19.6 Å². The van der Waals surface area contributed by atoms with Crippen molar-refractivity contribution in [2.75, 3.05) is 6.61 Å². The molecule has 0 spiro atoms. The van der Waals surface area contributed by atoms with Gasteiger partial charge in [-0.2, -0.15) is 10.2 Å². The predicted octanol–water partition coefficient (Wildman–Crippen LogP) is -0.0172. The van der Waals surface area contributed by atoms with Gasteiger partial charge in [-0.15, -0.1) is 0 Å². The van der Waals surface area contributed by atoms with Gasteiger partial charge in [-0.3, -0.25) is 9.36 Å². The molecule has 2 aliphatic rings. The molecule has 2 aromatic heterocycles. The van der Waals surface area contributed by atoms with Gasteiger partial charge >= 0.3 is 0 Å². The van der Waals surface area contributed by atoms with E-state index in [4.69, 9.17) is 4.74 Å². The SMILES string of the molecule is Cn1cc(C#C[C@@]2(O)[C@@H](C#Cc3cnn(C4CCC(F)(F)CC4)c3)O[C@H](CO)[C@@H](O)[C@@H]2O)cn1. The number of halogens is 2. The highest BCUT2D eigenvalue weighted by molar-refractivity contribution is 5.40. The summed E-state index contributed by atoms with van der Waals surface area (Å²) in [6, 6.07) is -0.154. The molecule has 1 aliphatic carbocycles. The molecule has 0 radical (unpaired) electrons. The fourth-order valence-electron chi connectivity index (χ4n) is 4.11. The van der Waals surface area contributed by atoms with Crippen molar-refractivity contribution in [3.8, 4) is 23.7 Å². The maximum Gasteiger partial charge on any atom is 0.248 e. The molecule has 2 aromatic rings. The molecule has 182 valence electrons. The van der Waals surface area contributed by atoms with Crippen LogP contribution in [0.1, 0.15) is 42.9 Å². The van der Waals surface area contributed by atoms with Crippen molar-refractivity contribution in [2.24, 2.45) is 7.05 Å². The van der Waals surface area contributed by atoms with Crippen LogP contribution in [0, 0.1) is 23.7 Å². The molecule has 11 heteroatoms. The van der Waals surface area contributed by atoms with Crippen LogP contribution in [0.2, 0.25) is 0 Å². The monoisotopic (exact) mass is 476 g/mol. The summed E-state index contributed by atoms with van der Waals surface area (Å²) in [5.74, 6) is 8.12. The van der Waals surface area contributed by atoms with E-state index in [0.717, 1.165) is 0 Å². The minimum Gasteiger partial charge on any atom is -0.394 e. The average Bonchev–Trinajstić information content (AvgIpc) is 3.45. The Hall–Kier alpha value is -2.80. The zero-order valence-corrected chi connectivity index (χ0v) is 18.5. The maximum absolute atomic E-state index is 13.4. The van der Waals surface area contributed by atoms with Gasteiger partial charge in [-0.25, -0.2) is 8.78 Å². The highest BCUT2D eigenvalue weighted by Crippen LogP contribution is 2.38. The van der Waals surface area contributed by atoms with Gasteiger partial charge in [0.1, 0.15) is 18.3 Å². The Morgan fingerprint density at radius 3 is 2.44 bits per heavy atom. The summed E-state index contributed by atoms with van der Waals surface area (Å²) in [4.78, 5) is 0. The van der Waals surface area contributed by atoms with Crippen molar-refractivity contribution >= 4 is 0 Å². The molecule has 34 heavy (non-hydrogen) atoms. The number of aromatic nitrogens is 4. The molecule has 0 bridgehead atoms. The lowest BCUT2D eigenvalue weighted by Crippen LogP contribution is -2.65. The van der Waals surface area contributed by atoms with Crippen LogP contribution in [-0.2, 0) is 11.8 Å². The molecule has 0 amide bonds. The van der Waals surface area contributed by atoms with Gasteiger partial charge in [0, 0.05) is 32.3 Å². The number of aliphatic hydroxyl groups is 4. The molecule has 4 N–H and O–H groups in total. The fourth-order valence-corrected chi connectivity index (χ4v) is 4.11. The van der Waals surface area contributed by atoms with E-state index in [-0.39, 0.29) is 18.9 Å². The highest BCUT2D eigenvalue weighted by atomic mass is 19.3. The van der Waals surface area contributed by atoms with E-state index in [9.17, 15) is 29.2 Å². The first kappa shape index (κ1) is 24.3. The number of hydrogen-bond acceptors (Lipinski definition) is 7. The molecule has 1 saturated carbocycles. The lowest BCUT2D eigenvalue weighted by atomic mass is 9.82. The summed E-state index contributed by atoms with van der Waals surface area (Å²) in [5.41, 5.74) is -1.35. The van der Waals surface area contributed by atoms with Gasteiger partial charge in [0.25, 0.3) is 0 Å². The second-order valence-corrected chi connectivity index (χ2v) is 8.72. The third-order valence-electron chi connectivity index (χ3n) is 6.17. The summed E-state index contributed by atoms with van der Waals surface area (Å²) in [6.07, 6.45) is 0.475. The normalized spacial score (nSPS) is 31.3. The molecule has 0 unspecified atom stereocenters. The van der Waals surface area contributed by atoms with Crippen molar-refractivity contribution in [1.29, 1.82) is 0 Å². The number of aliphatic hydroxyl groups excluding tert-OH is 3. The molecule has 5 atom stereocenters. The number of ether oxygens (including phenoxy) is 1. The predicted molar refractivity (Wildman–Crippen MR) is 114 cm³/mol. The van der Waals surface area contributed by atoms with Gasteiger partial charge in [0.2, 0.25) is 5.92 Å². The van der Waals surface area contributed by atoms with E-state index in [2.05, 4.69) is 33.9 Å². The lowest BCUT2D eigenvalue weighted by Gasteiger charge is -2.43. The molecule has 4 rings (SSSR count). The van der Waals surface area contributed by atoms with Gasteiger partial charge < -0.3 is 25.2 Å². The van der Waals surface area contributed by atoms with Gasteiger partial charge in [0.15, 0.2) is 11.7 Å². The fraction of sp³-hybridized carbons (Fsp3) is 0.565. The summed E-state index contributed by atoms with van der Waals surface area (Å²) in [7, 11) is 1.70. The summed E-state index contributed by atoms with van der Waals surface area (Å²) in [6.45, 7) is -0.604. The third-order valence-corrected chi connectivity index (χ3v) is 6.17. The Kier molecular flexibility index (Phi) is 6.76. The summed E-state index contributed by atoms with van der Waals surface area (Å²) >= 11 is 0. The molecular weight excluding hydrogens is 450 g/mol. The number of aryl methyl sites for hydroxylation is 1. The van der Waals surface area contributed by atoms with Crippen molar-refractivity contribution in [3.05, 3.63) is 35.9 Å². The maximum atomic E-state index is 13.4. The van der Waals surface area contributed by atoms with Crippen molar-refractivity contribution < 1.29 is 33.9 Å². The quantitative estimate of drug-likeness (QED) is 0.449. The van der Waals surface area contributed by atoms with E-state index < -0.39 is 42.5 Å². The standard InChI is InChI=1S/C23H26F2N4O5/c1-28-12-16(10-26-28)4-9-23(33)19(34-18(14-30)20(31)21(23)32)3-2-15-11-27-29(13-15)17-5-7-22(24,25)8-6-17/h10-13,17-21,30-33H,5-8,14H2,1H3/t18-,19-,20-,21+,23-/m1/s1. The van der Waals surface area contributed by atoms with Crippen LogP contribution in [0.15, 0.2) is 24.8 Å². The largest absolute Gasteiger partial charge is 0.394 e. The Labute approximate surface area is 195 Å². The first-order valence-electron chi connectivity index (χ1n) is 10.9. The number of rotatable bonds is 2. The van der Waals surface area contributed by atoms with Crippen LogP contribution in [-0.4, -0.2) is 82.5 Å². The van der Waals surface area contributed by atoms with E-state index in [1.165, 1.54) is 17.1 Å². The Balaban J connectivity index is 1.58. The Morgan fingerprint density at radius 2 is 1.79 bits per heavy atom. The molecule has 2 fully saturated rings.